The highest BCUT2D eigenvalue weighted by Crippen LogP contribution is 2.31. The van der Waals surface area contributed by atoms with Crippen LogP contribution in [0.4, 0.5) is 15.2 Å². The van der Waals surface area contributed by atoms with Crippen molar-refractivity contribution in [2.45, 2.75) is 0 Å². The SMILES string of the molecule is CN(C)c1ccc(C(=O)Nc2nc3c(Cl)cccc3s2)c(F)c1. The van der Waals surface area contributed by atoms with Crippen LogP contribution in [-0.2, 0) is 0 Å². The van der Waals surface area contributed by atoms with Crippen LogP contribution in [0, 0.1) is 5.82 Å². The van der Waals surface area contributed by atoms with Crippen LogP contribution in [0.25, 0.3) is 10.2 Å². The zero-order chi connectivity index (χ0) is 16.6. The molecule has 23 heavy (non-hydrogen) atoms. The van der Waals surface area contributed by atoms with Gasteiger partial charge in [0.05, 0.1) is 15.3 Å². The van der Waals surface area contributed by atoms with E-state index >= 15 is 0 Å². The van der Waals surface area contributed by atoms with E-state index < -0.39 is 11.7 Å². The van der Waals surface area contributed by atoms with Crippen LogP contribution in [0.5, 0.6) is 0 Å². The molecule has 1 aromatic heterocycles. The Kier molecular flexibility index (Phi) is 4.19. The van der Waals surface area contributed by atoms with E-state index in [4.69, 9.17) is 11.6 Å². The average Bonchev–Trinajstić information content (AvgIpc) is 2.90. The predicted molar refractivity (Wildman–Crippen MR) is 93.3 cm³/mol. The molecule has 0 bridgehead atoms. The fourth-order valence-electron chi connectivity index (χ4n) is 2.10. The van der Waals surface area contributed by atoms with Crippen molar-refractivity contribution in [2.24, 2.45) is 0 Å². The molecule has 0 saturated heterocycles. The van der Waals surface area contributed by atoms with Crippen molar-refractivity contribution in [3.63, 3.8) is 0 Å². The van der Waals surface area contributed by atoms with Gasteiger partial charge >= 0.3 is 0 Å². The second-order valence-electron chi connectivity index (χ2n) is 5.12. The molecular weight excluding hydrogens is 337 g/mol. The Morgan fingerprint density at radius 2 is 2.09 bits per heavy atom. The summed E-state index contributed by atoms with van der Waals surface area (Å²) in [6, 6.07) is 9.88. The van der Waals surface area contributed by atoms with Crippen LogP contribution in [-0.4, -0.2) is 25.0 Å². The first-order valence-electron chi connectivity index (χ1n) is 6.79. The van der Waals surface area contributed by atoms with E-state index in [1.807, 2.05) is 12.1 Å². The maximum absolute atomic E-state index is 14.1. The Bertz CT molecular complexity index is 894. The van der Waals surface area contributed by atoms with Crippen molar-refractivity contribution in [2.75, 3.05) is 24.3 Å². The highest BCUT2D eigenvalue weighted by Gasteiger charge is 2.15. The standard InChI is InChI=1S/C16H13ClFN3OS/c1-21(2)9-6-7-10(12(18)8-9)15(22)20-16-19-14-11(17)4-3-5-13(14)23-16/h3-8H,1-2H3,(H,19,20,22). The molecular formula is C16H13ClFN3OS. The van der Waals surface area contributed by atoms with Gasteiger partial charge in [-0.05, 0) is 30.3 Å². The number of hydrogen-bond acceptors (Lipinski definition) is 4. The largest absolute Gasteiger partial charge is 0.378 e. The molecule has 1 amide bonds. The Labute approximate surface area is 141 Å². The summed E-state index contributed by atoms with van der Waals surface area (Å²) >= 11 is 7.35. The number of amides is 1. The van der Waals surface area contributed by atoms with Gasteiger partial charge in [0.15, 0.2) is 5.13 Å². The Morgan fingerprint density at radius 1 is 1.30 bits per heavy atom. The number of aromatic nitrogens is 1. The minimum Gasteiger partial charge on any atom is -0.378 e. The van der Waals surface area contributed by atoms with Gasteiger partial charge < -0.3 is 4.90 Å². The van der Waals surface area contributed by atoms with E-state index in [0.29, 0.717) is 21.4 Å². The number of hydrogen-bond donors (Lipinski definition) is 1. The summed E-state index contributed by atoms with van der Waals surface area (Å²) in [7, 11) is 3.61. The van der Waals surface area contributed by atoms with Crippen molar-refractivity contribution in [3.8, 4) is 0 Å². The highest BCUT2D eigenvalue weighted by molar-refractivity contribution is 7.22. The second kappa shape index (κ2) is 6.14. The first-order valence-corrected chi connectivity index (χ1v) is 7.98. The molecule has 0 aliphatic carbocycles. The molecule has 0 aliphatic rings. The van der Waals surface area contributed by atoms with Crippen LogP contribution in [0.15, 0.2) is 36.4 Å². The normalized spacial score (nSPS) is 10.8. The molecule has 118 valence electrons. The summed E-state index contributed by atoms with van der Waals surface area (Å²) in [5.74, 6) is -1.11. The fraction of sp³-hybridized carbons (Fsp3) is 0.125. The van der Waals surface area contributed by atoms with Crippen molar-refractivity contribution < 1.29 is 9.18 Å². The van der Waals surface area contributed by atoms with Gasteiger partial charge in [-0.15, -0.1) is 0 Å². The van der Waals surface area contributed by atoms with E-state index in [2.05, 4.69) is 10.3 Å². The number of rotatable bonds is 3. The van der Waals surface area contributed by atoms with E-state index in [9.17, 15) is 9.18 Å². The summed E-state index contributed by atoms with van der Waals surface area (Å²) in [6.07, 6.45) is 0. The second-order valence-corrected chi connectivity index (χ2v) is 6.56. The predicted octanol–water partition coefficient (Wildman–Crippen LogP) is 4.41. The summed E-state index contributed by atoms with van der Waals surface area (Å²) in [5.41, 5.74) is 1.28. The molecule has 0 unspecified atom stereocenters. The lowest BCUT2D eigenvalue weighted by Gasteiger charge is -2.13. The summed E-state index contributed by atoms with van der Waals surface area (Å²) in [4.78, 5) is 18.3. The summed E-state index contributed by atoms with van der Waals surface area (Å²) in [6.45, 7) is 0. The topological polar surface area (TPSA) is 45.2 Å². The van der Waals surface area contributed by atoms with Crippen molar-refractivity contribution in [1.29, 1.82) is 0 Å². The number of nitrogens with one attached hydrogen (secondary N) is 1. The number of fused-ring (bicyclic) bond motifs is 1. The molecule has 0 fully saturated rings. The molecule has 7 heteroatoms. The number of anilines is 2. The first kappa shape index (κ1) is 15.7. The summed E-state index contributed by atoms with van der Waals surface area (Å²) in [5, 5.41) is 3.52. The molecule has 3 rings (SSSR count). The third-order valence-corrected chi connectivity index (χ3v) is 4.54. The number of nitrogens with zero attached hydrogens (tertiary/aromatic N) is 2. The van der Waals surface area contributed by atoms with Crippen molar-refractivity contribution >= 4 is 49.9 Å². The van der Waals surface area contributed by atoms with Crippen LogP contribution < -0.4 is 10.2 Å². The fourth-order valence-corrected chi connectivity index (χ4v) is 3.26. The maximum atomic E-state index is 14.1. The molecule has 3 aromatic rings. The van der Waals surface area contributed by atoms with E-state index in [1.165, 1.54) is 23.5 Å². The van der Waals surface area contributed by atoms with Gasteiger partial charge in [-0.2, -0.15) is 0 Å². The molecule has 0 aliphatic heterocycles. The van der Waals surface area contributed by atoms with E-state index in [0.717, 1.165) is 4.70 Å². The Balaban J connectivity index is 1.87. The summed E-state index contributed by atoms with van der Waals surface area (Å²) < 4.78 is 15.0. The minimum atomic E-state index is -0.576. The van der Waals surface area contributed by atoms with E-state index in [-0.39, 0.29) is 5.56 Å². The van der Waals surface area contributed by atoms with Crippen LogP contribution >= 0.6 is 22.9 Å². The van der Waals surface area contributed by atoms with Crippen molar-refractivity contribution in [3.05, 3.63) is 52.8 Å². The lowest BCUT2D eigenvalue weighted by Crippen LogP contribution is -2.15. The zero-order valence-electron chi connectivity index (χ0n) is 12.4. The molecule has 0 spiro atoms. The Hall–Kier alpha value is -2.18. The van der Waals surface area contributed by atoms with Crippen LogP contribution in [0.1, 0.15) is 10.4 Å². The molecule has 2 aromatic carbocycles. The van der Waals surface area contributed by atoms with Gasteiger partial charge in [0.25, 0.3) is 5.91 Å². The number of thiazole rings is 1. The van der Waals surface area contributed by atoms with Gasteiger partial charge in [0, 0.05) is 19.8 Å². The van der Waals surface area contributed by atoms with E-state index in [1.54, 1.807) is 31.1 Å². The van der Waals surface area contributed by atoms with Crippen LogP contribution in [0.3, 0.4) is 0 Å². The third kappa shape index (κ3) is 3.13. The van der Waals surface area contributed by atoms with Gasteiger partial charge in [0.1, 0.15) is 11.3 Å². The maximum Gasteiger partial charge on any atom is 0.260 e. The molecule has 4 nitrogen and oxygen atoms in total. The number of carbonyl (C=O) groups is 1. The molecule has 1 N–H and O–H groups in total. The van der Waals surface area contributed by atoms with Gasteiger partial charge in [-0.1, -0.05) is 29.0 Å². The number of carbonyl (C=O) groups excluding carboxylic acids is 1. The highest BCUT2D eigenvalue weighted by atomic mass is 35.5. The smallest absolute Gasteiger partial charge is 0.260 e. The van der Waals surface area contributed by atoms with Gasteiger partial charge in [-0.25, -0.2) is 9.37 Å². The molecule has 0 radical (unpaired) electrons. The molecule has 0 atom stereocenters. The quantitative estimate of drug-likeness (QED) is 0.762. The number of halogens is 2. The zero-order valence-corrected chi connectivity index (χ0v) is 14.0. The Morgan fingerprint density at radius 3 is 2.74 bits per heavy atom. The average molecular weight is 350 g/mol. The van der Waals surface area contributed by atoms with Crippen molar-refractivity contribution in [1.82, 2.24) is 4.98 Å². The van der Waals surface area contributed by atoms with Gasteiger partial charge in [0.2, 0.25) is 0 Å². The number of benzene rings is 2. The number of para-hydroxylation sites is 1. The lowest BCUT2D eigenvalue weighted by atomic mass is 10.1. The molecule has 1 heterocycles. The molecule has 0 saturated carbocycles. The first-order chi connectivity index (χ1) is 11.0. The third-order valence-electron chi connectivity index (χ3n) is 3.30. The minimum absolute atomic E-state index is 0.0269. The lowest BCUT2D eigenvalue weighted by molar-refractivity contribution is 0.102. The van der Waals surface area contributed by atoms with Gasteiger partial charge in [-0.3, -0.25) is 10.1 Å². The van der Waals surface area contributed by atoms with Crippen LogP contribution in [0.2, 0.25) is 5.02 Å². The monoisotopic (exact) mass is 349 g/mol.